The zero-order valence-electron chi connectivity index (χ0n) is 18.9. The summed E-state index contributed by atoms with van der Waals surface area (Å²) < 4.78 is 2.98. The number of hydrogen-bond donors (Lipinski definition) is 2. The van der Waals surface area contributed by atoms with Crippen LogP contribution in [0.4, 0.5) is 0 Å². The molecule has 3 fully saturated rings. The highest BCUT2D eigenvalue weighted by Crippen LogP contribution is 2.59. The summed E-state index contributed by atoms with van der Waals surface area (Å²) in [6, 6.07) is 0. The van der Waals surface area contributed by atoms with Crippen LogP contribution in [-0.2, 0) is 23.3 Å². The van der Waals surface area contributed by atoms with E-state index in [2.05, 4.69) is 4.98 Å². The molecule has 0 amide bonds. The molecular formula is C23H34N4O4. The quantitative estimate of drug-likeness (QED) is 0.667. The van der Waals surface area contributed by atoms with Gasteiger partial charge in [0.1, 0.15) is 11.3 Å². The predicted molar refractivity (Wildman–Crippen MR) is 118 cm³/mol. The zero-order chi connectivity index (χ0) is 22.4. The molecular weight excluding hydrogens is 396 g/mol. The standard InChI is InChI=1S/C23H34N4O4/c1-4-12-26-17-16(18(28)27(13-5-2)21(26)31)24-20(25-17)23-9-6-22(7-10-23,8-11-23)14-15(3)19(29)30/h15H,4-14H2,1-3H3,(H,24,25)(H,29,30). The van der Waals surface area contributed by atoms with Crippen LogP contribution >= 0.6 is 0 Å². The van der Waals surface area contributed by atoms with Crippen molar-refractivity contribution in [1.82, 2.24) is 19.1 Å². The fourth-order valence-electron chi connectivity index (χ4n) is 5.93. The van der Waals surface area contributed by atoms with Gasteiger partial charge in [-0.3, -0.25) is 18.7 Å². The summed E-state index contributed by atoms with van der Waals surface area (Å²) in [7, 11) is 0. The van der Waals surface area contributed by atoms with Crippen LogP contribution in [0.1, 0.15) is 84.4 Å². The Balaban J connectivity index is 1.71. The second-order valence-electron chi connectivity index (χ2n) is 9.90. The summed E-state index contributed by atoms with van der Waals surface area (Å²) in [6.45, 7) is 6.72. The van der Waals surface area contributed by atoms with Crippen molar-refractivity contribution in [1.29, 1.82) is 0 Å². The Hall–Kier alpha value is -2.38. The fraction of sp³-hybridized carbons (Fsp3) is 0.739. The Morgan fingerprint density at radius 2 is 1.65 bits per heavy atom. The van der Waals surface area contributed by atoms with E-state index in [0.29, 0.717) is 30.7 Å². The van der Waals surface area contributed by atoms with Gasteiger partial charge in [0.2, 0.25) is 0 Å². The Kier molecular flexibility index (Phi) is 5.60. The molecule has 5 rings (SSSR count). The second kappa shape index (κ2) is 7.95. The summed E-state index contributed by atoms with van der Waals surface area (Å²) in [5.74, 6) is -0.207. The van der Waals surface area contributed by atoms with Gasteiger partial charge in [-0.1, -0.05) is 20.8 Å². The molecule has 3 saturated carbocycles. The van der Waals surface area contributed by atoms with E-state index >= 15 is 0 Å². The Morgan fingerprint density at radius 3 is 2.19 bits per heavy atom. The zero-order valence-corrected chi connectivity index (χ0v) is 18.9. The van der Waals surface area contributed by atoms with Gasteiger partial charge >= 0.3 is 11.7 Å². The SMILES string of the molecule is CCCn1c(=O)c2[nH]c(C34CCC(CC(C)C(=O)O)(CC3)CC4)nc2n(CCC)c1=O. The molecule has 0 aliphatic heterocycles. The van der Waals surface area contributed by atoms with Crippen LogP contribution in [0.15, 0.2) is 9.59 Å². The smallest absolute Gasteiger partial charge is 0.332 e. The lowest BCUT2D eigenvalue weighted by atomic mass is 9.52. The first-order valence-electron chi connectivity index (χ1n) is 11.7. The Labute approximate surface area is 181 Å². The van der Waals surface area contributed by atoms with E-state index in [1.54, 1.807) is 11.5 Å². The van der Waals surface area contributed by atoms with E-state index in [-0.39, 0.29) is 28.0 Å². The largest absolute Gasteiger partial charge is 0.481 e. The number of H-pyrrole nitrogens is 1. The van der Waals surface area contributed by atoms with Gasteiger partial charge in [0.15, 0.2) is 5.65 Å². The van der Waals surface area contributed by atoms with E-state index < -0.39 is 5.97 Å². The van der Waals surface area contributed by atoms with E-state index in [1.165, 1.54) is 4.57 Å². The highest BCUT2D eigenvalue weighted by molar-refractivity contribution is 5.70. The number of aromatic amines is 1. The van der Waals surface area contributed by atoms with Crippen LogP contribution in [0.25, 0.3) is 11.2 Å². The predicted octanol–water partition coefficient (Wildman–Crippen LogP) is 3.41. The molecule has 0 saturated heterocycles. The first-order chi connectivity index (χ1) is 14.8. The van der Waals surface area contributed by atoms with Crippen molar-refractivity contribution in [2.45, 2.75) is 97.1 Å². The van der Waals surface area contributed by atoms with Gasteiger partial charge in [-0.15, -0.1) is 0 Å². The number of carboxylic acids is 1. The highest BCUT2D eigenvalue weighted by Gasteiger charge is 2.51. The molecule has 170 valence electrons. The summed E-state index contributed by atoms with van der Waals surface area (Å²) in [6.07, 6.45) is 8.04. The Morgan fingerprint density at radius 1 is 1.06 bits per heavy atom. The minimum atomic E-state index is -0.716. The van der Waals surface area contributed by atoms with Gasteiger partial charge in [0.05, 0.1) is 5.92 Å². The lowest BCUT2D eigenvalue weighted by molar-refractivity contribution is -0.143. The van der Waals surface area contributed by atoms with Gasteiger partial charge in [0, 0.05) is 18.5 Å². The van der Waals surface area contributed by atoms with Crippen molar-refractivity contribution in [3.8, 4) is 0 Å². The lowest BCUT2D eigenvalue weighted by Gasteiger charge is -2.53. The minimum absolute atomic E-state index is 0.109. The summed E-state index contributed by atoms with van der Waals surface area (Å²) in [4.78, 5) is 45.6. The third-order valence-corrected chi connectivity index (χ3v) is 7.82. The van der Waals surface area contributed by atoms with Crippen molar-refractivity contribution >= 4 is 17.1 Å². The molecule has 0 aromatic carbocycles. The maximum absolute atomic E-state index is 13.1. The molecule has 2 heterocycles. The van der Waals surface area contributed by atoms with Gasteiger partial charge in [0.25, 0.3) is 5.56 Å². The molecule has 0 spiro atoms. The van der Waals surface area contributed by atoms with Gasteiger partial charge in [-0.25, -0.2) is 9.78 Å². The van der Waals surface area contributed by atoms with E-state index in [4.69, 9.17) is 4.98 Å². The van der Waals surface area contributed by atoms with Gasteiger partial charge in [-0.2, -0.15) is 0 Å². The minimum Gasteiger partial charge on any atom is -0.481 e. The number of hydrogen-bond acceptors (Lipinski definition) is 4. The molecule has 2 aromatic heterocycles. The monoisotopic (exact) mass is 430 g/mol. The van der Waals surface area contributed by atoms with Crippen molar-refractivity contribution in [3.05, 3.63) is 26.7 Å². The van der Waals surface area contributed by atoms with Crippen molar-refractivity contribution in [2.75, 3.05) is 0 Å². The summed E-state index contributed by atoms with van der Waals surface area (Å²) in [5.41, 5.74) is 0.376. The molecule has 8 heteroatoms. The number of aliphatic carboxylic acids is 1. The molecule has 3 aliphatic carbocycles. The Bertz CT molecular complexity index is 1080. The van der Waals surface area contributed by atoms with Crippen LogP contribution < -0.4 is 11.2 Å². The van der Waals surface area contributed by atoms with Crippen LogP contribution in [0, 0.1) is 11.3 Å². The number of carboxylic acid groups (broad SMARTS) is 1. The number of aromatic nitrogens is 4. The topological polar surface area (TPSA) is 110 Å². The van der Waals surface area contributed by atoms with Crippen LogP contribution in [0.3, 0.4) is 0 Å². The van der Waals surface area contributed by atoms with Crippen LogP contribution in [0.2, 0.25) is 0 Å². The molecule has 31 heavy (non-hydrogen) atoms. The second-order valence-corrected chi connectivity index (χ2v) is 9.90. The summed E-state index contributed by atoms with van der Waals surface area (Å²) in [5, 5.41) is 9.35. The molecule has 0 radical (unpaired) electrons. The fourth-order valence-corrected chi connectivity index (χ4v) is 5.93. The van der Waals surface area contributed by atoms with Crippen LogP contribution in [-0.4, -0.2) is 30.2 Å². The third-order valence-electron chi connectivity index (χ3n) is 7.82. The molecule has 2 aromatic rings. The van der Waals surface area contributed by atoms with E-state index in [0.717, 1.165) is 57.2 Å². The van der Waals surface area contributed by atoms with E-state index in [1.807, 2.05) is 13.8 Å². The average Bonchev–Trinajstić information content (AvgIpc) is 3.21. The number of nitrogens with zero attached hydrogens (tertiary/aromatic N) is 3. The van der Waals surface area contributed by atoms with Gasteiger partial charge < -0.3 is 10.1 Å². The van der Waals surface area contributed by atoms with Crippen molar-refractivity contribution in [3.63, 3.8) is 0 Å². The number of fused-ring (bicyclic) bond motifs is 4. The lowest BCUT2D eigenvalue weighted by Crippen LogP contribution is -2.45. The van der Waals surface area contributed by atoms with Crippen molar-refractivity contribution in [2.24, 2.45) is 11.3 Å². The maximum atomic E-state index is 13.1. The average molecular weight is 431 g/mol. The molecule has 8 nitrogen and oxygen atoms in total. The normalized spacial score (nSPS) is 26.4. The number of carbonyl (C=O) groups is 1. The highest BCUT2D eigenvalue weighted by atomic mass is 16.4. The third kappa shape index (κ3) is 3.53. The molecule has 1 unspecified atom stereocenters. The molecule has 1 atom stereocenters. The van der Waals surface area contributed by atoms with Crippen LogP contribution in [0.5, 0.6) is 0 Å². The number of nitrogens with one attached hydrogen (secondary N) is 1. The number of aryl methyl sites for hydroxylation is 1. The first-order valence-corrected chi connectivity index (χ1v) is 11.7. The summed E-state index contributed by atoms with van der Waals surface area (Å²) >= 11 is 0. The maximum Gasteiger partial charge on any atom is 0.332 e. The first kappa shape index (κ1) is 21.8. The number of rotatable bonds is 8. The molecule has 2 bridgehead atoms. The molecule has 3 aliphatic rings. The van der Waals surface area contributed by atoms with Gasteiger partial charge in [-0.05, 0) is 63.2 Å². The van der Waals surface area contributed by atoms with E-state index in [9.17, 15) is 19.5 Å². The van der Waals surface area contributed by atoms with Crippen molar-refractivity contribution < 1.29 is 9.90 Å². The molecule has 2 N–H and O–H groups in total. The number of imidazole rings is 1.